The first kappa shape index (κ1) is 23.2. The SMILES string of the molecule is COc1ccc(NC(=O)c2cc(C)nc3c2c(C)nn3C)cc1NS(=O)(=O)c1ccc(F)cc1. The van der Waals surface area contributed by atoms with Crippen LogP contribution in [-0.4, -0.2) is 36.2 Å². The number of ether oxygens (including phenoxy) is 1. The molecule has 11 heteroatoms. The fraction of sp³-hybridized carbons (Fsp3) is 0.174. The molecule has 0 aliphatic heterocycles. The molecule has 0 radical (unpaired) electrons. The molecule has 0 saturated heterocycles. The van der Waals surface area contributed by atoms with Crippen molar-refractivity contribution < 1.29 is 22.3 Å². The van der Waals surface area contributed by atoms with Crippen LogP contribution in [0.25, 0.3) is 11.0 Å². The number of nitrogens with zero attached hydrogens (tertiary/aromatic N) is 3. The Morgan fingerprint density at radius 1 is 1.09 bits per heavy atom. The second-order valence-electron chi connectivity index (χ2n) is 7.65. The fourth-order valence-electron chi connectivity index (χ4n) is 3.63. The normalized spacial score (nSPS) is 11.4. The molecule has 0 saturated carbocycles. The third-order valence-electron chi connectivity index (χ3n) is 5.17. The summed E-state index contributed by atoms with van der Waals surface area (Å²) in [6.07, 6.45) is 0. The zero-order chi connectivity index (χ0) is 24.6. The lowest BCUT2D eigenvalue weighted by atomic mass is 10.1. The molecule has 2 aromatic carbocycles. The van der Waals surface area contributed by atoms with Crippen LogP contribution in [-0.2, 0) is 17.1 Å². The number of hydrogen-bond acceptors (Lipinski definition) is 6. The van der Waals surface area contributed by atoms with E-state index >= 15 is 0 Å². The van der Waals surface area contributed by atoms with Crippen molar-refractivity contribution in [3.8, 4) is 5.75 Å². The Morgan fingerprint density at radius 3 is 2.47 bits per heavy atom. The molecule has 2 N–H and O–H groups in total. The number of carbonyl (C=O) groups is 1. The van der Waals surface area contributed by atoms with Crippen LogP contribution in [0, 0.1) is 19.7 Å². The number of nitrogens with one attached hydrogen (secondary N) is 2. The van der Waals surface area contributed by atoms with Gasteiger partial charge < -0.3 is 10.1 Å². The molecule has 0 fully saturated rings. The number of sulfonamides is 1. The molecule has 0 aliphatic rings. The highest BCUT2D eigenvalue weighted by Gasteiger charge is 2.20. The molecule has 4 aromatic rings. The number of amides is 1. The summed E-state index contributed by atoms with van der Waals surface area (Å²) >= 11 is 0. The van der Waals surface area contributed by atoms with Crippen molar-refractivity contribution >= 4 is 38.3 Å². The number of benzene rings is 2. The Kier molecular flexibility index (Phi) is 5.96. The molecule has 0 atom stereocenters. The third-order valence-corrected chi connectivity index (χ3v) is 6.55. The highest BCUT2D eigenvalue weighted by molar-refractivity contribution is 7.92. The minimum absolute atomic E-state index is 0.109. The van der Waals surface area contributed by atoms with E-state index in [1.165, 1.54) is 19.2 Å². The number of aryl methyl sites for hydroxylation is 3. The first-order chi connectivity index (χ1) is 16.1. The van der Waals surface area contributed by atoms with Gasteiger partial charge in [0.05, 0.1) is 34.3 Å². The van der Waals surface area contributed by atoms with E-state index in [1.54, 1.807) is 37.7 Å². The fourth-order valence-corrected chi connectivity index (χ4v) is 4.69. The van der Waals surface area contributed by atoms with Gasteiger partial charge in [-0.15, -0.1) is 0 Å². The zero-order valence-corrected chi connectivity index (χ0v) is 19.7. The molecule has 34 heavy (non-hydrogen) atoms. The van der Waals surface area contributed by atoms with Crippen LogP contribution in [0.15, 0.2) is 53.4 Å². The Bertz CT molecular complexity index is 1510. The summed E-state index contributed by atoms with van der Waals surface area (Å²) in [5.41, 5.74) is 2.76. The van der Waals surface area contributed by atoms with E-state index in [9.17, 15) is 17.6 Å². The van der Waals surface area contributed by atoms with E-state index in [-0.39, 0.29) is 16.3 Å². The molecular formula is C23H22FN5O4S. The lowest BCUT2D eigenvalue weighted by Gasteiger charge is -2.14. The van der Waals surface area contributed by atoms with E-state index in [4.69, 9.17) is 4.74 Å². The van der Waals surface area contributed by atoms with Gasteiger partial charge in [0.15, 0.2) is 5.65 Å². The smallest absolute Gasteiger partial charge is 0.262 e. The van der Waals surface area contributed by atoms with Gasteiger partial charge in [-0.05, 0) is 62.4 Å². The summed E-state index contributed by atoms with van der Waals surface area (Å²) < 4.78 is 48.0. The highest BCUT2D eigenvalue weighted by Crippen LogP contribution is 2.31. The molecule has 0 unspecified atom stereocenters. The molecule has 0 aliphatic carbocycles. The molecule has 4 rings (SSSR count). The van der Waals surface area contributed by atoms with Crippen molar-refractivity contribution in [1.82, 2.24) is 14.8 Å². The van der Waals surface area contributed by atoms with Crippen LogP contribution >= 0.6 is 0 Å². The highest BCUT2D eigenvalue weighted by atomic mass is 32.2. The maximum atomic E-state index is 13.2. The van der Waals surface area contributed by atoms with Crippen molar-refractivity contribution in [2.75, 3.05) is 17.1 Å². The van der Waals surface area contributed by atoms with Gasteiger partial charge in [0.2, 0.25) is 0 Å². The average molecular weight is 484 g/mol. The van der Waals surface area contributed by atoms with E-state index in [2.05, 4.69) is 20.1 Å². The topological polar surface area (TPSA) is 115 Å². The van der Waals surface area contributed by atoms with E-state index in [1.807, 2.05) is 0 Å². The number of halogens is 1. The average Bonchev–Trinajstić information content (AvgIpc) is 3.06. The molecule has 2 aromatic heterocycles. The maximum absolute atomic E-state index is 13.2. The van der Waals surface area contributed by atoms with E-state index < -0.39 is 21.7 Å². The first-order valence-electron chi connectivity index (χ1n) is 10.2. The number of hydrogen-bond donors (Lipinski definition) is 2. The zero-order valence-electron chi connectivity index (χ0n) is 18.9. The Balaban J connectivity index is 1.67. The Morgan fingerprint density at radius 2 is 1.79 bits per heavy atom. The Hall–Kier alpha value is -3.99. The van der Waals surface area contributed by atoms with Crippen molar-refractivity contribution in [2.45, 2.75) is 18.7 Å². The van der Waals surface area contributed by atoms with Crippen molar-refractivity contribution in [3.63, 3.8) is 0 Å². The van der Waals surface area contributed by atoms with Crippen molar-refractivity contribution in [2.24, 2.45) is 7.05 Å². The van der Waals surface area contributed by atoms with Crippen molar-refractivity contribution in [3.05, 3.63) is 71.3 Å². The van der Waals surface area contributed by atoms with Gasteiger partial charge in [0.1, 0.15) is 11.6 Å². The predicted octanol–water partition coefficient (Wildman–Crippen LogP) is 3.79. The second kappa shape index (κ2) is 8.75. The minimum atomic E-state index is -4.03. The standard InChI is InChI=1S/C23H22FN5O4S/c1-13-11-18(21-14(2)27-29(3)22(21)25-13)23(30)26-16-7-10-20(33-4)19(12-16)28-34(31,32)17-8-5-15(24)6-9-17/h5-12,28H,1-4H3,(H,26,30). The van der Waals surface area contributed by atoms with Crippen LogP contribution in [0.3, 0.4) is 0 Å². The van der Waals surface area contributed by atoms with Gasteiger partial charge in [-0.2, -0.15) is 5.10 Å². The number of pyridine rings is 1. The molecular weight excluding hydrogens is 461 g/mol. The summed E-state index contributed by atoms with van der Waals surface area (Å²) in [7, 11) is -0.876. The number of anilines is 2. The van der Waals surface area contributed by atoms with Crippen LogP contribution in [0.2, 0.25) is 0 Å². The summed E-state index contributed by atoms with van der Waals surface area (Å²) in [4.78, 5) is 17.5. The molecule has 176 valence electrons. The van der Waals surface area contributed by atoms with Crippen LogP contribution in [0.5, 0.6) is 5.75 Å². The molecule has 0 bridgehead atoms. The van der Waals surface area contributed by atoms with Gasteiger partial charge in [-0.25, -0.2) is 17.8 Å². The maximum Gasteiger partial charge on any atom is 0.262 e. The number of fused-ring (bicyclic) bond motifs is 1. The second-order valence-corrected chi connectivity index (χ2v) is 9.33. The molecule has 9 nitrogen and oxygen atoms in total. The van der Waals surface area contributed by atoms with Gasteiger partial charge in [0, 0.05) is 18.4 Å². The largest absolute Gasteiger partial charge is 0.495 e. The van der Waals surface area contributed by atoms with Gasteiger partial charge >= 0.3 is 0 Å². The van der Waals surface area contributed by atoms with Crippen LogP contribution in [0.4, 0.5) is 15.8 Å². The monoisotopic (exact) mass is 483 g/mol. The predicted molar refractivity (Wildman–Crippen MR) is 126 cm³/mol. The quantitative estimate of drug-likeness (QED) is 0.431. The lowest BCUT2D eigenvalue weighted by molar-refractivity contribution is 0.102. The molecule has 1 amide bonds. The number of aromatic nitrogens is 3. The van der Waals surface area contributed by atoms with Crippen LogP contribution in [0.1, 0.15) is 21.7 Å². The van der Waals surface area contributed by atoms with Gasteiger partial charge in [-0.3, -0.25) is 14.2 Å². The minimum Gasteiger partial charge on any atom is -0.495 e. The molecule has 2 heterocycles. The first-order valence-corrected chi connectivity index (χ1v) is 11.7. The summed E-state index contributed by atoms with van der Waals surface area (Å²) in [6, 6.07) is 10.7. The van der Waals surface area contributed by atoms with Crippen molar-refractivity contribution in [1.29, 1.82) is 0 Å². The van der Waals surface area contributed by atoms with Crippen LogP contribution < -0.4 is 14.8 Å². The van der Waals surface area contributed by atoms with E-state index in [0.29, 0.717) is 33.7 Å². The number of rotatable bonds is 6. The number of methoxy groups -OCH3 is 1. The summed E-state index contributed by atoms with van der Waals surface area (Å²) in [5, 5.41) is 7.78. The third kappa shape index (κ3) is 4.42. The van der Waals surface area contributed by atoms with E-state index in [0.717, 1.165) is 24.3 Å². The van der Waals surface area contributed by atoms with Gasteiger partial charge in [0.25, 0.3) is 15.9 Å². The van der Waals surface area contributed by atoms with Gasteiger partial charge in [-0.1, -0.05) is 0 Å². The summed E-state index contributed by atoms with van der Waals surface area (Å²) in [6.45, 7) is 3.58. The number of carbonyl (C=O) groups excluding carboxylic acids is 1. The summed E-state index contributed by atoms with van der Waals surface area (Å²) in [5.74, 6) is -0.705. The lowest BCUT2D eigenvalue weighted by Crippen LogP contribution is -2.16. The Labute approximate surface area is 195 Å². The molecule has 0 spiro atoms.